The minimum Gasteiger partial charge on any atom is -0.237 e. The molecule has 1 nitrogen and oxygen atoms in total. The van der Waals surface area contributed by atoms with Crippen LogP contribution in [0.15, 0.2) is 24.3 Å². The Labute approximate surface area is 129 Å². The van der Waals surface area contributed by atoms with Crippen molar-refractivity contribution in [3.05, 3.63) is 35.6 Å². The third-order valence-electron chi connectivity index (χ3n) is 4.02. The molecule has 0 aromatic heterocycles. The van der Waals surface area contributed by atoms with E-state index < -0.39 is 0 Å². The summed E-state index contributed by atoms with van der Waals surface area (Å²) < 4.78 is 12.8. The third kappa shape index (κ3) is 10.5. The van der Waals surface area contributed by atoms with Gasteiger partial charge in [0.1, 0.15) is 5.82 Å². The zero-order valence-electron chi connectivity index (χ0n) is 13.3. The fourth-order valence-corrected chi connectivity index (χ4v) is 2.67. The fourth-order valence-electron chi connectivity index (χ4n) is 2.67. The van der Waals surface area contributed by atoms with Crippen LogP contribution in [0.1, 0.15) is 76.2 Å². The number of halogens is 1. The van der Waals surface area contributed by atoms with Gasteiger partial charge in [-0.2, -0.15) is 0 Å². The molecule has 0 aliphatic carbocycles. The molecule has 0 N–H and O–H groups in total. The molecule has 1 aromatic carbocycles. The minimum atomic E-state index is -0.147. The quantitative estimate of drug-likeness (QED) is 0.392. The van der Waals surface area contributed by atoms with Gasteiger partial charge in [-0.15, -0.1) is 0 Å². The highest BCUT2D eigenvalue weighted by atomic mass is 19.1. The Bertz CT molecular complexity index is 334. The zero-order chi connectivity index (χ0) is 15.2. The highest BCUT2D eigenvalue weighted by Crippen LogP contribution is 2.13. The number of unbranched alkanes of at least 4 members (excludes halogenated alkanes) is 10. The predicted molar refractivity (Wildman–Crippen MR) is 86.4 cm³/mol. The SMILES string of the molecule is [O]CCCCCCCCCCCCCc1ccc(F)cc1. The second-order valence-electron chi connectivity index (χ2n) is 5.97. The van der Waals surface area contributed by atoms with Crippen LogP contribution in [0.2, 0.25) is 0 Å². The van der Waals surface area contributed by atoms with Crippen molar-refractivity contribution in [2.45, 2.75) is 77.0 Å². The van der Waals surface area contributed by atoms with Crippen LogP contribution in [-0.2, 0) is 11.5 Å². The summed E-state index contributed by atoms with van der Waals surface area (Å²) in [5.74, 6) is -0.147. The van der Waals surface area contributed by atoms with Gasteiger partial charge in [0, 0.05) is 0 Å². The smallest absolute Gasteiger partial charge is 0.123 e. The molecule has 0 amide bonds. The summed E-state index contributed by atoms with van der Waals surface area (Å²) in [4.78, 5) is 0. The van der Waals surface area contributed by atoms with Crippen LogP contribution >= 0.6 is 0 Å². The van der Waals surface area contributed by atoms with Gasteiger partial charge in [0.05, 0.1) is 6.61 Å². The number of benzene rings is 1. The van der Waals surface area contributed by atoms with E-state index >= 15 is 0 Å². The number of hydrogen-bond donors (Lipinski definition) is 0. The van der Waals surface area contributed by atoms with E-state index in [1.807, 2.05) is 12.1 Å². The van der Waals surface area contributed by atoms with Crippen LogP contribution in [0.4, 0.5) is 4.39 Å². The number of aryl methyl sites for hydroxylation is 1. The van der Waals surface area contributed by atoms with E-state index in [9.17, 15) is 9.50 Å². The minimum absolute atomic E-state index is 0.0952. The lowest BCUT2D eigenvalue weighted by atomic mass is 10.0. The number of rotatable bonds is 13. The molecule has 1 aromatic rings. The van der Waals surface area contributed by atoms with Crippen molar-refractivity contribution in [2.24, 2.45) is 0 Å². The molecule has 0 atom stereocenters. The van der Waals surface area contributed by atoms with Crippen molar-refractivity contribution >= 4 is 0 Å². The maximum absolute atomic E-state index is 12.8. The monoisotopic (exact) mass is 293 g/mol. The van der Waals surface area contributed by atoms with Crippen LogP contribution in [0, 0.1) is 5.82 Å². The Morgan fingerprint density at radius 2 is 1.05 bits per heavy atom. The summed E-state index contributed by atoms with van der Waals surface area (Å²) in [5, 5.41) is 10.3. The third-order valence-corrected chi connectivity index (χ3v) is 4.02. The van der Waals surface area contributed by atoms with Gasteiger partial charge in [0.25, 0.3) is 0 Å². The molecule has 2 heteroatoms. The average molecular weight is 293 g/mol. The first kappa shape index (κ1) is 18.2. The van der Waals surface area contributed by atoms with Crippen LogP contribution in [0.5, 0.6) is 0 Å². The second-order valence-corrected chi connectivity index (χ2v) is 5.97. The lowest BCUT2D eigenvalue weighted by molar-refractivity contribution is 0.186. The van der Waals surface area contributed by atoms with Gasteiger partial charge in [-0.05, 0) is 37.0 Å². The van der Waals surface area contributed by atoms with Crippen molar-refractivity contribution in [1.29, 1.82) is 0 Å². The molecule has 0 fully saturated rings. The summed E-state index contributed by atoms with van der Waals surface area (Å²) >= 11 is 0. The first-order chi connectivity index (χ1) is 10.3. The van der Waals surface area contributed by atoms with Gasteiger partial charge in [0.2, 0.25) is 0 Å². The first-order valence-electron chi connectivity index (χ1n) is 8.65. The second kappa shape index (κ2) is 12.8. The normalized spacial score (nSPS) is 11.0. The van der Waals surface area contributed by atoms with E-state index in [-0.39, 0.29) is 12.4 Å². The van der Waals surface area contributed by atoms with Crippen LogP contribution in [0.3, 0.4) is 0 Å². The summed E-state index contributed by atoms with van der Waals surface area (Å²) in [6.45, 7) is 0.0952. The average Bonchev–Trinajstić information content (AvgIpc) is 2.50. The van der Waals surface area contributed by atoms with Crippen molar-refractivity contribution in [1.82, 2.24) is 0 Å². The molecule has 0 unspecified atom stereocenters. The van der Waals surface area contributed by atoms with Crippen molar-refractivity contribution in [3.63, 3.8) is 0 Å². The van der Waals surface area contributed by atoms with E-state index in [1.165, 1.54) is 63.4 Å². The van der Waals surface area contributed by atoms with Crippen molar-refractivity contribution < 1.29 is 9.50 Å². The van der Waals surface area contributed by atoms with Gasteiger partial charge in [-0.1, -0.05) is 69.9 Å². The Morgan fingerprint density at radius 1 is 0.619 bits per heavy atom. The van der Waals surface area contributed by atoms with Crippen LogP contribution in [-0.4, -0.2) is 6.61 Å². The molecule has 0 bridgehead atoms. The molecule has 1 rings (SSSR count). The molecule has 21 heavy (non-hydrogen) atoms. The van der Waals surface area contributed by atoms with Gasteiger partial charge < -0.3 is 0 Å². The lowest BCUT2D eigenvalue weighted by Gasteiger charge is -2.03. The van der Waals surface area contributed by atoms with Gasteiger partial charge in [-0.3, -0.25) is 0 Å². The summed E-state index contributed by atoms with van der Waals surface area (Å²) in [5.41, 5.74) is 1.24. The molecule has 0 aliphatic heterocycles. The molecular formula is C19H30FO. The summed E-state index contributed by atoms with van der Waals surface area (Å²) in [7, 11) is 0. The summed E-state index contributed by atoms with van der Waals surface area (Å²) in [6, 6.07) is 6.88. The van der Waals surface area contributed by atoms with Gasteiger partial charge in [-0.25, -0.2) is 9.50 Å². The predicted octanol–water partition coefficient (Wildman–Crippen LogP) is 6.09. The van der Waals surface area contributed by atoms with E-state index in [0.29, 0.717) is 0 Å². The van der Waals surface area contributed by atoms with Crippen LogP contribution < -0.4 is 0 Å². The topological polar surface area (TPSA) is 19.9 Å². The molecular weight excluding hydrogens is 263 g/mol. The highest BCUT2D eigenvalue weighted by Gasteiger charge is 1.96. The highest BCUT2D eigenvalue weighted by molar-refractivity contribution is 5.15. The Balaban J connectivity index is 1.81. The Morgan fingerprint density at radius 3 is 1.52 bits per heavy atom. The van der Waals surface area contributed by atoms with Crippen molar-refractivity contribution in [2.75, 3.05) is 6.61 Å². The van der Waals surface area contributed by atoms with E-state index in [1.54, 1.807) is 12.1 Å². The molecule has 0 saturated carbocycles. The van der Waals surface area contributed by atoms with E-state index in [4.69, 9.17) is 0 Å². The molecule has 0 aliphatic rings. The van der Waals surface area contributed by atoms with E-state index in [0.717, 1.165) is 19.3 Å². The summed E-state index contributed by atoms with van der Waals surface area (Å²) in [6.07, 6.45) is 14.7. The fraction of sp³-hybridized carbons (Fsp3) is 0.684. The van der Waals surface area contributed by atoms with Gasteiger partial charge in [0.15, 0.2) is 0 Å². The van der Waals surface area contributed by atoms with E-state index in [2.05, 4.69) is 0 Å². The molecule has 1 radical (unpaired) electrons. The largest absolute Gasteiger partial charge is 0.237 e. The lowest BCUT2D eigenvalue weighted by Crippen LogP contribution is -1.87. The van der Waals surface area contributed by atoms with Crippen molar-refractivity contribution in [3.8, 4) is 0 Å². The Hall–Kier alpha value is -0.890. The zero-order valence-corrected chi connectivity index (χ0v) is 13.3. The van der Waals surface area contributed by atoms with Gasteiger partial charge >= 0.3 is 0 Å². The first-order valence-corrected chi connectivity index (χ1v) is 8.65. The standard InChI is InChI=1S/C19H30FO/c20-19-15-13-18(14-16-19)12-10-8-6-4-2-1-3-5-7-9-11-17-21/h13-16H,1-12,17H2. The molecule has 0 heterocycles. The molecule has 0 saturated heterocycles. The number of hydrogen-bond acceptors (Lipinski definition) is 0. The Kier molecular flexibility index (Phi) is 11.1. The molecule has 0 spiro atoms. The maximum Gasteiger partial charge on any atom is 0.123 e. The maximum atomic E-state index is 12.8. The molecule has 119 valence electrons. The van der Waals surface area contributed by atoms with Crippen LogP contribution in [0.25, 0.3) is 0 Å².